The summed E-state index contributed by atoms with van der Waals surface area (Å²) in [6.07, 6.45) is 0. The molecule has 20 heavy (non-hydrogen) atoms. The van der Waals surface area contributed by atoms with Gasteiger partial charge in [-0.1, -0.05) is 6.07 Å². The Hall–Kier alpha value is -1.96. The molecule has 0 saturated heterocycles. The number of rotatable bonds is 3. The standard InChI is InChI=1S/C12H13F2N3O2S/c1-7-11(8(2)17(3)15-7)16-20(18,19)12-9(13)5-4-6-10(12)14/h4-6,16H,1-3H3. The summed E-state index contributed by atoms with van der Waals surface area (Å²) < 4.78 is 55.1. The van der Waals surface area contributed by atoms with Gasteiger partial charge < -0.3 is 0 Å². The zero-order chi connectivity index (χ0) is 15.1. The van der Waals surface area contributed by atoms with Gasteiger partial charge in [-0.05, 0) is 26.0 Å². The van der Waals surface area contributed by atoms with Crippen LogP contribution in [0.4, 0.5) is 14.5 Å². The van der Waals surface area contributed by atoms with Crippen LogP contribution in [0.2, 0.25) is 0 Å². The molecule has 0 spiro atoms. The molecule has 0 aliphatic heterocycles. The zero-order valence-electron chi connectivity index (χ0n) is 11.1. The fourth-order valence-corrected chi connectivity index (χ4v) is 3.16. The number of sulfonamides is 1. The molecule has 0 radical (unpaired) electrons. The van der Waals surface area contributed by atoms with Crippen molar-refractivity contribution in [1.82, 2.24) is 9.78 Å². The van der Waals surface area contributed by atoms with Crippen molar-refractivity contribution in [2.45, 2.75) is 18.7 Å². The van der Waals surface area contributed by atoms with Gasteiger partial charge in [0.15, 0.2) is 4.90 Å². The van der Waals surface area contributed by atoms with E-state index in [1.165, 1.54) is 4.68 Å². The van der Waals surface area contributed by atoms with Crippen molar-refractivity contribution in [2.75, 3.05) is 4.72 Å². The average molecular weight is 301 g/mol. The number of halogens is 2. The maximum Gasteiger partial charge on any atom is 0.267 e. The third-order valence-corrected chi connectivity index (χ3v) is 4.33. The SMILES string of the molecule is Cc1nn(C)c(C)c1NS(=O)(=O)c1c(F)cccc1F. The quantitative estimate of drug-likeness (QED) is 0.944. The summed E-state index contributed by atoms with van der Waals surface area (Å²) >= 11 is 0. The molecule has 8 heteroatoms. The van der Waals surface area contributed by atoms with Crippen molar-refractivity contribution in [3.8, 4) is 0 Å². The second-order valence-corrected chi connectivity index (χ2v) is 5.94. The Labute approximate surface area is 115 Å². The normalized spacial score (nSPS) is 11.7. The molecule has 0 unspecified atom stereocenters. The van der Waals surface area contributed by atoms with E-state index in [1.807, 2.05) is 0 Å². The maximum absolute atomic E-state index is 13.6. The Morgan fingerprint density at radius 3 is 2.20 bits per heavy atom. The van der Waals surface area contributed by atoms with E-state index in [0.29, 0.717) is 11.4 Å². The van der Waals surface area contributed by atoms with Gasteiger partial charge in [-0.3, -0.25) is 9.40 Å². The molecule has 5 nitrogen and oxygen atoms in total. The van der Waals surface area contributed by atoms with Crippen LogP contribution in [0.1, 0.15) is 11.4 Å². The Bertz CT molecular complexity index is 749. The van der Waals surface area contributed by atoms with Crippen LogP contribution in [0, 0.1) is 25.5 Å². The predicted molar refractivity (Wildman–Crippen MR) is 69.8 cm³/mol. The number of hydrogen-bond acceptors (Lipinski definition) is 3. The van der Waals surface area contributed by atoms with Crippen LogP contribution < -0.4 is 4.72 Å². The molecule has 0 saturated carbocycles. The summed E-state index contributed by atoms with van der Waals surface area (Å²) in [5.74, 6) is -2.28. The molecule has 0 atom stereocenters. The lowest BCUT2D eigenvalue weighted by molar-refractivity contribution is 0.521. The lowest BCUT2D eigenvalue weighted by atomic mass is 10.3. The van der Waals surface area contributed by atoms with Gasteiger partial charge >= 0.3 is 0 Å². The highest BCUT2D eigenvalue weighted by Gasteiger charge is 2.26. The average Bonchev–Trinajstić information content (AvgIpc) is 2.55. The van der Waals surface area contributed by atoms with E-state index >= 15 is 0 Å². The van der Waals surface area contributed by atoms with Crippen molar-refractivity contribution in [3.05, 3.63) is 41.2 Å². The molecule has 2 rings (SSSR count). The summed E-state index contributed by atoms with van der Waals surface area (Å²) in [6.45, 7) is 3.25. The van der Waals surface area contributed by atoms with E-state index in [4.69, 9.17) is 0 Å². The lowest BCUT2D eigenvalue weighted by Gasteiger charge is -2.10. The molecule has 1 aromatic heterocycles. The van der Waals surface area contributed by atoms with E-state index < -0.39 is 26.6 Å². The van der Waals surface area contributed by atoms with Crippen LogP contribution in [-0.2, 0) is 17.1 Å². The molecular formula is C12H13F2N3O2S. The largest absolute Gasteiger partial charge is 0.276 e. The monoisotopic (exact) mass is 301 g/mol. The van der Waals surface area contributed by atoms with Crippen LogP contribution >= 0.6 is 0 Å². The second-order valence-electron chi connectivity index (χ2n) is 4.33. The first kappa shape index (κ1) is 14.4. The first-order chi connectivity index (χ1) is 9.24. The lowest BCUT2D eigenvalue weighted by Crippen LogP contribution is -2.17. The summed E-state index contributed by atoms with van der Waals surface area (Å²) in [4.78, 5) is -0.998. The highest BCUT2D eigenvalue weighted by Crippen LogP contribution is 2.25. The maximum atomic E-state index is 13.6. The Kier molecular flexibility index (Phi) is 3.51. The van der Waals surface area contributed by atoms with Crippen molar-refractivity contribution in [3.63, 3.8) is 0 Å². The number of anilines is 1. The molecule has 0 aliphatic rings. The minimum atomic E-state index is -4.36. The van der Waals surface area contributed by atoms with E-state index in [9.17, 15) is 17.2 Å². The van der Waals surface area contributed by atoms with Gasteiger partial charge in [-0.15, -0.1) is 0 Å². The fraction of sp³-hybridized carbons (Fsp3) is 0.250. The minimum Gasteiger partial charge on any atom is -0.276 e. The molecule has 1 N–H and O–H groups in total. The highest BCUT2D eigenvalue weighted by atomic mass is 32.2. The van der Waals surface area contributed by atoms with Gasteiger partial charge in [0.05, 0.1) is 17.1 Å². The molecule has 0 aliphatic carbocycles. The zero-order valence-corrected chi connectivity index (χ0v) is 11.9. The van der Waals surface area contributed by atoms with Crippen LogP contribution in [0.5, 0.6) is 0 Å². The second kappa shape index (κ2) is 4.86. The van der Waals surface area contributed by atoms with Crippen LogP contribution in [0.15, 0.2) is 23.1 Å². The van der Waals surface area contributed by atoms with Gasteiger partial charge in [0.2, 0.25) is 0 Å². The van der Waals surface area contributed by atoms with E-state index in [1.54, 1.807) is 20.9 Å². The number of nitrogens with zero attached hydrogens (tertiary/aromatic N) is 2. The number of nitrogens with one attached hydrogen (secondary N) is 1. The molecule has 1 aromatic carbocycles. The first-order valence-electron chi connectivity index (χ1n) is 5.71. The molecule has 2 aromatic rings. The first-order valence-corrected chi connectivity index (χ1v) is 7.19. The van der Waals surface area contributed by atoms with Gasteiger partial charge in [0, 0.05) is 7.05 Å². The third-order valence-electron chi connectivity index (χ3n) is 2.93. The van der Waals surface area contributed by atoms with E-state index in [-0.39, 0.29) is 5.69 Å². The van der Waals surface area contributed by atoms with Crippen molar-refractivity contribution >= 4 is 15.7 Å². The summed E-state index contributed by atoms with van der Waals surface area (Å²) in [6, 6.07) is 2.88. The van der Waals surface area contributed by atoms with Gasteiger partial charge in [0.25, 0.3) is 10.0 Å². The van der Waals surface area contributed by atoms with E-state index in [2.05, 4.69) is 9.82 Å². The highest BCUT2D eigenvalue weighted by molar-refractivity contribution is 7.92. The number of hydrogen-bond donors (Lipinski definition) is 1. The van der Waals surface area contributed by atoms with Gasteiger partial charge in [-0.25, -0.2) is 17.2 Å². The predicted octanol–water partition coefficient (Wildman–Crippen LogP) is 2.12. The number of aryl methyl sites for hydroxylation is 2. The van der Waals surface area contributed by atoms with Crippen LogP contribution in [0.3, 0.4) is 0 Å². The molecule has 1 heterocycles. The summed E-state index contributed by atoms with van der Waals surface area (Å²) in [5.41, 5.74) is 1.18. The molecule has 0 fully saturated rings. The van der Waals surface area contributed by atoms with Crippen molar-refractivity contribution in [1.29, 1.82) is 0 Å². The topological polar surface area (TPSA) is 64.0 Å². The van der Waals surface area contributed by atoms with Crippen molar-refractivity contribution in [2.24, 2.45) is 7.05 Å². The smallest absolute Gasteiger partial charge is 0.267 e. The number of benzene rings is 1. The van der Waals surface area contributed by atoms with Crippen LogP contribution in [-0.4, -0.2) is 18.2 Å². The Balaban J connectivity index is 2.52. The third kappa shape index (κ3) is 2.38. The van der Waals surface area contributed by atoms with Gasteiger partial charge in [-0.2, -0.15) is 5.10 Å². The number of aromatic nitrogens is 2. The molecule has 0 bridgehead atoms. The molecule has 108 valence electrons. The van der Waals surface area contributed by atoms with Crippen molar-refractivity contribution < 1.29 is 17.2 Å². The fourth-order valence-electron chi connectivity index (χ4n) is 1.85. The summed E-state index contributed by atoms with van der Waals surface area (Å²) in [5, 5.41) is 4.04. The Morgan fingerprint density at radius 1 is 1.20 bits per heavy atom. The van der Waals surface area contributed by atoms with E-state index in [0.717, 1.165) is 18.2 Å². The van der Waals surface area contributed by atoms with Gasteiger partial charge in [0.1, 0.15) is 11.6 Å². The van der Waals surface area contributed by atoms with Crippen LogP contribution in [0.25, 0.3) is 0 Å². The minimum absolute atomic E-state index is 0.218. The summed E-state index contributed by atoms with van der Waals surface area (Å²) in [7, 11) is -2.72. The molecular weight excluding hydrogens is 288 g/mol. The Morgan fingerprint density at radius 2 is 1.75 bits per heavy atom. The molecule has 0 amide bonds.